The molecule has 0 fully saturated rings. The zero-order valence-electron chi connectivity index (χ0n) is 17.5. The van der Waals surface area contributed by atoms with Crippen molar-refractivity contribution in [3.63, 3.8) is 0 Å². The van der Waals surface area contributed by atoms with Crippen LogP contribution in [0, 0.1) is 0 Å². The van der Waals surface area contributed by atoms with Crippen molar-refractivity contribution < 1.29 is 4.79 Å². The summed E-state index contributed by atoms with van der Waals surface area (Å²) in [7, 11) is 0. The van der Waals surface area contributed by atoms with Crippen molar-refractivity contribution in [1.29, 1.82) is 0 Å². The van der Waals surface area contributed by atoms with Crippen molar-refractivity contribution in [3.8, 4) is 5.69 Å². The summed E-state index contributed by atoms with van der Waals surface area (Å²) in [6, 6.07) is 15.7. The van der Waals surface area contributed by atoms with Gasteiger partial charge < -0.3 is 5.32 Å². The zero-order chi connectivity index (χ0) is 22.1. The number of amides is 1. The first kappa shape index (κ1) is 23.6. The minimum Gasteiger partial charge on any atom is -0.356 e. The lowest BCUT2D eigenvalue weighted by atomic mass is 10.1. The minimum atomic E-state index is 0.102. The smallest absolute Gasteiger partial charge is 0.220 e. The maximum absolute atomic E-state index is 11.9. The van der Waals surface area contributed by atoms with E-state index in [1.807, 2.05) is 34.9 Å². The van der Waals surface area contributed by atoms with E-state index in [1.165, 1.54) is 0 Å². The maximum Gasteiger partial charge on any atom is 0.220 e. The number of hydrogen-bond acceptors (Lipinski definition) is 4. The quantitative estimate of drug-likeness (QED) is 0.274. The summed E-state index contributed by atoms with van der Waals surface area (Å²) in [6.07, 6.45) is 4.01. The van der Waals surface area contributed by atoms with Gasteiger partial charge in [0.2, 0.25) is 5.91 Å². The lowest BCUT2D eigenvalue weighted by Crippen LogP contribution is -2.24. The molecule has 1 aromatic heterocycles. The molecule has 0 bridgehead atoms. The summed E-state index contributed by atoms with van der Waals surface area (Å²) in [6.45, 7) is 2.86. The second-order valence-electron chi connectivity index (χ2n) is 7.15. The third kappa shape index (κ3) is 6.99. The number of benzene rings is 2. The number of unbranched alkanes of at least 4 members (excludes halogenated alkanes) is 1. The number of thioether (sulfide) groups is 1. The van der Waals surface area contributed by atoms with Crippen LogP contribution in [0.25, 0.3) is 5.69 Å². The highest BCUT2D eigenvalue weighted by molar-refractivity contribution is 7.99. The lowest BCUT2D eigenvalue weighted by Gasteiger charge is -2.11. The molecule has 1 amide bonds. The van der Waals surface area contributed by atoms with Crippen LogP contribution in [0.4, 0.5) is 0 Å². The Kier molecular flexibility index (Phi) is 9.25. The monoisotopic (exact) mass is 476 g/mol. The predicted molar refractivity (Wildman–Crippen MR) is 129 cm³/mol. The summed E-state index contributed by atoms with van der Waals surface area (Å²) in [5.41, 5.74) is 2.02. The molecule has 1 N–H and O–H groups in total. The molecule has 0 aliphatic carbocycles. The molecule has 3 rings (SSSR count). The number of carbonyl (C=O) groups is 1. The Bertz CT molecular complexity index is 994. The molecule has 0 aliphatic rings. The summed E-state index contributed by atoms with van der Waals surface area (Å²) >= 11 is 14.0. The zero-order valence-corrected chi connectivity index (χ0v) is 19.8. The van der Waals surface area contributed by atoms with Crippen LogP contribution in [0.5, 0.6) is 0 Å². The van der Waals surface area contributed by atoms with E-state index < -0.39 is 0 Å². The fourth-order valence-corrected chi connectivity index (χ4v) is 4.26. The number of halogens is 2. The fourth-order valence-electron chi connectivity index (χ4n) is 3.06. The summed E-state index contributed by atoms with van der Waals surface area (Å²) < 4.78 is 2.02. The Morgan fingerprint density at radius 3 is 2.61 bits per heavy atom. The molecule has 0 radical (unpaired) electrons. The Labute approximate surface area is 197 Å². The third-order valence-corrected chi connectivity index (χ3v) is 6.45. The normalized spacial score (nSPS) is 10.9. The van der Waals surface area contributed by atoms with Gasteiger partial charge in [0.15, 0.2) is 5.16 Å². The topological polar surface area (TPSA) is 59.8 Å². The lowest BCUT2D eigenvalue weighted by molar-refractivity contribution is -0.121. The van der Waals surface area contributed by atoms with Crippen LogP contribution in [-0.2, 0) is 11.2 Å². The van der Waals surface area contributed by atoms with Crippen molar-refractivity contribution in [1.82, 2.24) is 20.1 Å². The molecule has 0 spiro atoms. The Morgan fingerprint density at radius 2 is 1.87 bits per heavy atom. The van der Waals surface area contributed by atoms with E-state index in [9.17, 15) is 4.79 Å². The summed E-state index contributed by atoms with van der Waals surface area (Å²) in [4.78, 5) is 11.9. The first-order valence-electron chi connectivity index (χ1n) is 10.4. The van der Waals surface area contributed by atoms with E-state index in [1.54, 1.807) is 17.8 Å². The van der Waals surface area contributed by atoms with Gasteiger partial charge in [0.25, 0.3) is 0 Å². The van der Waals surface area contributed by atoms with Crippen LogP contribution < -0.4 is 5.32 Å². The molecule has 2 aromatic carbocycles. The molecule has 0 saturated carbocycles. The van der Waals surface area contributed by atoms with Gasteiger partial charge in [-0.3, -0.25) is 9.36 Å². The predicted octanol–water partition coefficient (Wildman–Crippen LogP) is 5.95. The van der Waals surface area contributed by atoms with Crippen molar-refractivity contribution in [2.75, 3.05) is 12.3 Å². The molecule has 1 heterocycles. The van der Waals surface area contributed by atoms with Crippen molar-refractivity contribution >= 4 is 40.9 Å². The van der Waals surface area contributed by atoms with Gasteiger partial charge in [-0.25, -0.2) is 0 Å². The highest BCUT2D eigenvalue weighted by Crippen LogP contribution is 2.29. The van der Waals surface area contributed by atoms with Crippen LogP contribution in [0.15, 0.2) is 53.7 Å². The Balaban J connectivity index is 1.72. The number of carbonyl (C=O) groups excluding carboxylic acids is 1. The minimum absolute atomic E-state index is 0.102. The average Bonchev–Trinajstić information content (AvgIpc) is 3.16. The van der Waals surface area contributed by atoms with Crippen LogP contribution in [0.2, 0.25) is 10.0 Å². The van der Waals surface area contributed by atoms with Gasteiger partial charge >= 0.3 is 0 Å². The van der Waals surface area contributed by atoms with Crippen LogP contribution >= 0.6 is 35.0 Å². The van der Waals surface area contributed by atoms with Crippen molar-refractivity contribution in [3.05, 3.63) is 70.0 Å². The number of nitrogens with one attached hydrogen (secondary N) is 1. The summed E-state index contributed by atoms with van der Waals surface area (Å²) in [5, 5.41) is 13.6. The fraction of sp³-hybridized carbons (Fsp3) is 0.348. The van der Waals surface area contributed by atoms with E-state index in [2.05, 4.69) is 34.6 Å². The average molecular weight is 477 g/mol. The third-order valence-electron chi connectivity index (χ3n) is 4.70. The van der Waals surface area contributed by atoms with Crippen molar-refractivity contribution in [2.45, 2.75) is 44.2 Å². The Hall–Kier alpha value is -2.02. The van der Waals surface area contributed by atoms with E-state index in [-0.39, 0.29) is 5.91 Å². The highest BCUT2D eigenvalue weighted by atomic mass is 35.5. The first-order valence-corrected chi connectivity index (χ1v) is 12.2. The van der Waals surface area contributed by atoms with E-state index >= 15 is 0 Å². The molecule has 0 atom stereocenters. The second-order valence-corrected chi connectivity index (χ2v) is 9.03. The van der Waals surface area contributed by atoms with Gasteiger partial charge in [-0.1, -0.05) is 78.6 Å². The standard InChI is InChI=1S/C23H26Cl2N4OS/c1-2-3-13-26-22(30)10-7-14-31-23-28-27-21(15-17-8-5-4-6-9-17)29(23)18-11-12-19(24)20(25)16-18/h4-6,8-9,11-12,16H,2-3,7,10,13-15H2,1H3,(H,26,30). The van der Waals surface area contributed by atoms with Gasteiger partial charge in [-0.15, -0.1) is 10.2 Å². The molecular formula is C23H26Cl2N4OS. The highest BCUT2D eigenvalue weighted by Gasteiger charge is 2.16. The molecule has 31 heavy (non-hydrogen) atoms. The summed E-state index contributed by atoms with van der Waals surface area (Å²) in [5.74, 6) is 1.69. The molecule has 8 heteroatoms. The molecule has 0 saturated heterocycles. The molecule has 0 unspecified atom stereocenters. The van der Waals surface area contributed by atoms with Gasteiger partial charge in [-0.05, 0) is 36.6 Å². The van der Waals surface area contributed by atoms with Crippen LogP contribution in [0.1, 0.15) is 44.0 Å². The molecule has 5 nitrogen and oxygen atoms in total. The van der Waals surface area contributed by atoms with Crippen molar-refractivity contribution in [2.24, 2.45) is 0 Å². The molecular weight excluding hydrogens is 451 g/mol. The van der Waals surface area contributed by atoms with Gasteiger partial charge in [0, 0.05) is 25.1 Å². The molecule has 164 valence electrons. The second kappa shape index (κ2) is 12.1. The Morgan fingerprint density at radius 1 is 1.06 bits per heavy atom. The molecule has 3 aromatic rings. The van der Waals surface area contributed by atoms with E-state index in [0.29, 0.717) is 22.9 Å². The number of nitrogens with zero attached hydrogens (tertiary/aromatic N) is 3. The number of aromatic nitrogens is 3. The number of rotatable bonds is 11. The van der Waals surface area contributed by atoms with E-state index in [0.717, 1.165) is 53.8 Å². The SMILES string of the molecule is CCCCNC(=O)CCCSc1nnc(Cc2ccccc2)n1-c1ccc(Cl)c(Cl)c1. The first-order chi connectivity index (χ1) is 15.1. The van der Waals surface area contributed by atoms with Gasteiger partial charge in [-0.2, -0.15) is 0 Å². The number of hydrogen-bond donors (Lipinski definition) is 1. The largest absolute Gasteiger partial charge is 0.356 e. The van der Waals surface area contributed by atoms with Gasteiger partial charge in [0.1, 0.15) is 5.82 Å². The maximum atomic E-state index is 11.9. The van der Waals surface area contributed by atoms with Gasteiger partial charge in [0.05, 0.1) is 15.7 Å². The van der Waals surface area contributed by atoms with Crippen LogP contribution in [-0.4, -0.2) is 33.0 Å². The molecule has 0 aliphatic heterocycles. The van der Waals surface area contributed by atoms with E-state index in [4.69, 9.17) is 23.2 Å². The van der Waals surface area contributed by atoms with Crippen LogP contribution in [0.3, 0.4) is 0 Å².